The Morgan fingerprint density at radius 2 is 2.00 bits per heavy atom. The molecule has 1 aliphatic rings. The van der Waals surface area contributed by atoms with Crippen LogP contribution in [0.4, 0.5) is 5.82 Å². The highest BCUT2D eigenvalue weighted by Gasteiger charge is 2.43. The average Bonchev–Trinajstić information content (AvgIpc) is 2.81. The molecule has 2 heterocycles. The summed E-state index contributed by atoms with van der Waals surface area (Å²) in [6.07, 6.45) is -4.48. The number of nitrogens with zero attached hydrogens (tertiary/aromatic N) is 2. The first-order valence-corrected chi connectivity index (χ1v) is 7.06. The molecule has 1 aromatic heterocycles. The Bertz CT molecular complexity index is 675. The fourth-order valence-corrected chi connectivity index (χ4v) is 2.21. The van der Waals surface area contributed by atoms with Gasteiger partial charge in [0, 0.05) is 12.6 Å². The number of carboxylic acid groups (broad SMARTS) is 1. The van der Waals surface area contributed by atoms with Crippen molar-refractivity contribution in [1.82, 2.24) is 9.55 Å². The van der Waals surface area contributed by atoms with Crippen molar-refractivity contribution >= 4 is 17.7 Å². The first kappa shape index (κ1) is 18.0. The lowest BCUT2D eigenvalue weighted by atomic mass is 10.1. The van der Waals surface area contributed by atoms with E-state index >= 15 is 0 Å². The first-order valence-electron chi connectivity index (χ1n) is 7.06. The quantitative estimate of drug-likeness (QED) is 0.379. The van der Waals surface area contributed by atoms with Gasteiger partial charge in [0.1, 0.15) is 24.1 Å². The van der Waals surface area contributed by atoms with E-state index in [-0.39, 0.29) is 18.7 Å². The van der Waals surface area contributed by atoms with E-state index in [4.69, 9.17) is 14.9 Å². The van der Waals surface area contributed by atoms with Gasteiger partial charge in [-0.2, -0.15) is 4.98 Å². The van der Waals surface area contributed by atoms with Crippen molar-refractivity contribution in [3.05, 3.63) is 22.7 Å². The van der Waals surface area contributed by atoms with Gasteiger partial charge in [-0.3, -0.25) is 14.2 Å². The van der Waals surface area contributed by atoms with E-state index in [1.165, 1.54) is 12.3 Å². The van der Waals surface area contributed by atoms with Crippen LogP contribution in [0, 0.1) is 0 Å². The molecule has 1 fully saturated rings. The Morgan fingerprint density at radius 3 is 2.54 bits per heavy atom. The highest BCUT2D eigenvalue weighted by Crippen LogP contribution is 2.28. The maximum Gasteiger partial charge on any atom is 0.351 e. The Morgan fingerprint density at radius 1 is 1.29 bits per heavy atom. The van der Waals surface area contributed by atoms with E-state index in [0.717, 1.165) is 4.57 Å². The van der Waals surface area contributed by atoms with Crippen molar-refractivity contribution in [1.29, 1.82) is 0 Å². The number of aromatic nitrogens is 2. The van der Waals surface area contributed by atoms with Crippen molar-refractivity contribution in [3.63, 3.8) is 0 Å². The van der Waals surface area contributed by atoms with Gasteiger partial charge in [0.05, 0.1) is 13.0 Å². The van der Waals surface area contributed by atoms with Gasteiger partial charge in [-0.05, 0) is 6.07 Å². The molecule has 132 valence electrons. The van der Waals surface area contributed by atoms with Gasteiger partial charge in [-0.25, -0.2) is 4.79 Å². The van der Waals surface area contributed by atoms with Crippen molar-refractivity contribution < 1.29 is 34.8 Å². The molecule has 0 radical (unpaired) electrons. The standard InChI is InChI=1S/C13H17N3O8/c17-5-6-10(21)11(22)12(24-6)16-4-3-7(15-13(16)23)14-8(18)1-2-9(19)20/h3-4,6,10-12,17,21-22H,1-2,5H2,(H,19,20)(H,14,15,18,23)/t6-,10?,11?,12-/m1/s1. The van der Waals surface area contributed by atoms with Crippen LogP contribution in [0.2, 0.25) is 0 Å². The topological polar surface area (TPSA) is 171 Å². The molecule has 1 aromatic rings. The second kappa shape index (κ2) is 7.49. The molecule has 2 unspecified atom stereocenters. The number of anilines is 1. The molecule has 0 aliphatic carbocycles. The van der Waals surface area contributed by atoms with Crippen molar-refractivity contribution in [3.8, 4) is 0 Å². The molecule has 11 nitrogen and oxygen atoms in total. The zero-order valence-corrected chi connectivity index (χ0v) is 12.4. The highest BCUT2D eigenvalue weighted by molar-refractivity contribution is 5.91. The maximum atomic E-state index is 12.0. The molecule has 0 saturated carbocycles. The summed E-state index contributed by atoms with van der Waals surface area (Å²) >= 11 is 0. The number of nitrogens with one attached hydrogen (secondary N) is 1. The Kier molecular flexibility index (Phi) is 5.62. The number of carbonyl (C=O) groups excluding carboxylic acids is 1. The summed E-state index contributed by atoms with van der Waals surface area (Å²) in [6.45, 7) is -0.533. The normalized spacial score (nSPS) is 26.3. The number of aliphatic hydroxyl groups excluding tert-OH is 3. The van der Waals surface area contributed by atoms with Crippen LogP contribution >= 0.6 is 0 Å². The summed E-state index contributed by atoms with van der Waals surface area (Å²) in [7, 11) is 0. The van der Waals surface area contributed by atoms with Crippen LogP contribution in [-0.2, 0) is 14.3 Å². The van der Waals surface area contributed by atoms with E-state index < -0.39 is 48.7 Å². The number of hydrogen-bond donors (Lipinski definition) is 5. The molecule has 1 aliphatic heterocycles. The smallest absolute Gasteiger partial charge is 0.351 e. The van der Waals surface area contributed by atoms with Gasteiger partial charge in [-0.15, -0.1) is 0 Å². The average molecular weight is 343 g/mol. The van der Waals surface area contributed by atoms with Crippen LogP contribution in [0.5, 0.6) is 0 Å². The van der Waals surface area contributed by atoms with E-state index in [1.807, 2.05) is 0 Å². The number of carboxylic acids is 1. The number of aliphatic hydroxyl groups is 3. The van der Waals surface area contributed by atoms with Crippen LogP contribution in [0.15, 0.2) is 17.1 Å². The third kappa shape index (κ3) is 3.94. The fraction of sp³-hybridized carbons (Fsp3) is 0.538. The van der Waals surface area contributed by atoms with Crippen molar-refractivity contribution in [2.24, 2.45) is 0 Å². The molecule has 0 aromatic carbocycles. The summed E-state index contributed by atoms with van der Waals surface area (Å²) in [5.74, 6) is -1.83. The Balaban J connectivity index is 2.09. The number of ether oxygens (including phenoxy) is 1. The number of hydrogen-bond acceptors (Lipinski definition) is 8. The lowest BCUT2D eigenvalue weighted by Crippen LogP contribution is -2.36. The number of rotatable bonds is 6. The van der Waals surface area contributed by atoms with Gasteiger partial charge < -0.3 is 30.5 Å². The molecule has 1 saturated heterocycles. The minimum atomic E-state index is -1.43. The number of amides is 1. The van der Waals surface area contributed by atoms with Crippen molar-refractivity contribution in [2.75, 3.05) is 11.9 Å². The zero-order valence-electron chi connectivity index (χ0n) is 12.4. The summed E-state index contributed by atoms with van der Waals surface area (Å²) in [6, 6.07) is 1.26. The molecular weight excluding hydrogens is 326 g/mol. The number of carbonyl (C=O) groups is 2. The van der Waals surface area contributed by atoms with E-state index in [1.54, 1.807) is 0 Å². The molecule has 24 heavy (non-hydrogen) atoms. The Hall–Kier alpha value is -2.34. The minimum absolute atomic E-state index is 0.0848. The summed E-state index contributed by atoms with van der Waals surface area (Å²) in [5.41, 5.74) is -0.860. The molecule has 11 heteroatoms. The van der Waals surface area contributed by atoms with Crippen molar-refractivity contribution in [2.45, 2.75) is 37.4 Å². The molecule has 4 atom stereocenters. The van der Waals surface area contributed by atoms with Crippen LogP contribution in [0.1, 0.15) is 19.1 Å². The molecular formula is C13H17N3O8. The zero-order chi connectivity index (χ0) is 17.9. The summed E-state index contributed by atoms with van der Waals surface area (Å²) < 4.78 is 6.12. The molecule has 1 amide bonds. The molecule has 2 rings (SSSR count). The van der Waals surface area contributed by atoms with Gasteiger partial charge in [0.2, 0.25) is 5.91 Å². The van der Waals surface area contributed by atoms with Crippen LogP contribution in [0.3, 0.4) is 0 Å². The Labute approximate surface area is 135 Å². The van der Waals surface area contributed by atoms with Gasteiger partial charge in [-0.1, -0.05) is 0 Å². The number of aliphatic carboxylic acids is 1. The van der Waals surface area contributed by atoms with Gasteiger partial charge in [0.25, 0.3) is 0 Å². The second-order valence-electron chi connectivity index (χ2n) is 5.17. The third-order valence-electron chi connectivity index (χ3n) is 3.45. The highest BCUT2D eigenvalue weighted by atomic mass is 16.6. The van der Waals surface area contributed by atoms with Crippen LogP contribution < -0.4 is 11.0 Å². The lowest BCUT2D eigenvalue weighted by molar-refractivity contribution is -0.138. The first-order chi connectivity index (χ1) is 11.3. The second-order valence-corrected chi connectivity index (χ2v) is 5.17. The molecule has 0 spiro atoms. The van der Waals surface area contributed by atoms with E-state index in [0.29, 0.717) is 0 Å². The lowest BCUT2D eigenvalue weighted by Gasteiger charge is -2.17. The SMILES string of the molecule is O=C(O)CCC(=O)Nc1ccn([C@@H]2O[C@H](CO)C(O)C2O)c(=O)n1. The maximum absolute atomic E-state index is 12.0. The largest absolute Gasteiger partial charge is 0.481 e. The fourth-order valence-electron chi connectivity index (χ4n) is 2.21. The minimum Gasteiger partial charge on any atom is -0.481 e. The predicted octanol–water partition coefficient (Wildman–Crippen LogP) is -2.34. The van der Waals surface area contributed by atoms with E-state index in [9.17, 15) is 24.6 Å². The van der Waals surface area contributed by atoms with Gasteiger partial charge >= 0.3 is 11.7 Å². The third-order valence-corrected chi connectivity index (χ3v) is 3.45. The van der Waals surface area contributed by atoms with Crippen LogP contribution in [-0.4, -0.2) is 66.8 Å². The summed E-state index contributed by atoms with van der Waals surface area (Å²) in [5, 5.41) is 39.4. The van der Waals surface area contributed by atoms with E-state index in [2.05, 4.69) is 10.3 Å². The van der Waals surface area contributed by atoms with Gasteiger partial charge in [0.15, 0.2) is 6.23 Å². The van der Waals surface area contributed by atoms with Crippen LogP contribution in [0.25, 0.3) is 0 Å². The predicted molar refractivity (Wildman–Crippen MR) is 77.0 cm³/mol. The summed E-state index contributed by atoms with van der Waals surface area (Å²) in [4.78, 5) is 37.5. The molecule has 5 N–H and O–H groups in total. The monoisotopic (exact) mass is 343 g/mol. The molecule has 0 bridgehead atoms.